The Morgan fingerprint density at radius 3 is 2.48 bits per heavy atom. The van der Waals surface area contributed by atoms with Crippen LogP contribution in [0, 0.1) is 5.82 Å². The van der Waals surface area contributed by atoms with Crippen LogP contribution in [0.25, 0.3) is 27.3 Å². The Hall–Kier alpha value is -1.39. The molecule has 0 N–H and O–H groups in total. The van der Waals surface area contributed by atoms with E-state index in [2.05, 4.69) is 10.8 Å². The first kappa shape index (κ1) is 20.3. The Morgan fingerprint density at radius 1 is 1.15 bits per heavy atom. The Morgan fingerprint density at radius 2 is 1.89 bits per heavy atom. The van der Waals surface area contributed by atoms with Gasteiger partial charge in [-0.2, -0.15) is 0 Å². The summed E-state index contributed by atoms with van der Waals surface area (Å²) in [6.07, 6.45) is 5.82. The van der Waals surface area contributed by atoms with Crippen LogP contribution in [0.1, 0.15) is 31.1 Å². The van der Waals surface area contributed by atoms with Gasteiger partial charge in [0.2, 0.25) is 0 Å². The normalized spacial score (nSPS) is 13.1. The fourth-order valence-corrected chi connectivity index (χ4v) is 4.46. The molecular formula is C22H21Cl2FOS. The summed E-state index contributed by atoms with van der Waals surface area (Å²) in [5.74, 6) is -0.389. The maximum atomic E-state index is 13.9. The fourth-order valence-electron chi connectivity index (χ4n) is 2.85. The van der Waals surface area contributed by atoms with Gasteiger partial charge in [0.15, 0.2) is 0 Å². The highest BCUT2D eigenvalue weighted by molar-refractivity contribution is 7.20. The van der Waals surface area contributed by atoms with Crippen molar-refractivity contribution in [2.24, 2.45) is 0 Å². The third kappa shape index (κ3) is 4.72. The summed E-state index contributed by atoms with van der Waals surface area (Å²) in [5.41, 5.74) is 3.38. The highest BCUT2D eigenvalue weighted by Crippen LogP contribution is 2.43. The summed E-state index contributed by atoms with van der Waals surface area (Å²) >= 11 is 13.7. The van der Waals surface area contributed by atoms with Crippen molar-refractivity contribution in [2.45, 2.75) is 26.2 Å². The average Bonchev–Trinajstić information content (AvgIpc) is 2.98. The molecule has 0 atom stereocenters. The molecule has 1 aliphatic rings. The van der Waals surface area contributed by atoms with E-state index in [4.69, 9.17) is 23.2 Å². The molecule has 1 nitrogen and oxygen atoms in total. The van der Waals surface area contributed by atoms with Gasteiger partial charge in [0, 0.05) is 39.3 Å². The fraction of sp³-hybridized carbons (Fsp3) is 0.273. The molecule has 142 valence electrons. The second-order valence-electron chi connectivity index (χ2n) is 6.34. The van der Waals surface area contributed by atoms with Gasteiger partial charge in [0.1, 0.15) is 5.82 Å². The molecule has 1 heterocycles. The van der Waals surface area contributed by atoms with Crippen molar-refractivity contribution in [1.29, 1.82) is 0 Å². The van der Waals surface area contributed by atoms with E-state index in [0.717, 1.165) is 45.7 Å². The van der Waals surface area contributed by atoms with E-state index in [1.165, 1.54) is 22.9 Å². The first-order valence-electron chi connectivity index (χ1n) is 8.89. The summed E-state index contributed by atoms with van der Waals surface area (Å²) < 4.78 is 19.6. The zero-order chi connectivity index (χ0) is 19.4. The molecule has 1 fully saturated rings. The molecule has 0 unspecified atom stereocenters. The summed E-state index contributed by atoms with van der Waals surface area (Å²) in [7, 11) is 1.68. The molecule has 2 aromatic carbocycles. The summed E-state index contributed by atoms with van der Waals surface area (Å²) in [6, 6.07) is 10.9. The van der Waals surface area contributed by atoms with Gasteiger partial charge in [0.25, 0.3) is 0 Å². The van der Waals surface area contributed by atoms with Crippen LogP contribution in [-0.4, -0.2) is 13.7 Å². The number of benzene rings is 2. The van der Waals surface area contributed by atoms with E-state index in [1.54, 1.807) is 24.5 Å². The number of hydrogen-bond acceptors (Lipinski definition) is 2. The maximum Gasteiger partial charge on any atom is 0.142 e. The Bertz CT molecular complexity index is 970. The lowest BCUT2D eigenvalue weighted by Gasteiger charge is -2.16. The highest BCUT2D eigenvalue weighted by Gasteiger charge is 2.17. The molecule has 0 bridgehead atoms. The second kappa shape index (κ2) is 9.20. The van der Waals surface area contributed by atoms with E-state index in [-0.39, 0.29) is 10.8 Å². The van der Waals surface area contributed by atoms with E-state index in [9.17, 15) is 4.39 Å². The molecule has 3 aromatic rings. The lowest BCUT2D eigenvalue weighted by Crippen LogP contribution is -1.95. The van der Waals surface area contributed by atoms with Gasteiger partial charge in [-0.15, -0.1) is 11.3 Å². The zero-order valence-corrected chi connectivity index (χ0v) is 17.6. The van der Waals surface area contributed by atoms with Crippen LogP contribution in [0.5, 0.6) is 0 Å². The van der Waals surface area contributed by atoms with Crippen LogP contribution in [0.4, 0.5) is 4.39 Å². The number of rotatable bonds is 3. The van der Waals surface area contributed by atoms with Crippen molar-refractivity contribution in [3.63, 3.8) is 0 Å². The van der Waals surface area contributed by atoms with Gasteiger partial charge in [-0.05, 0) is 62.1 Å². The first-order valence-corrected chi connectivity index (χ1v) is 10.5. The van der Waals surface area contributed by atoms with Gasteiger partial charge in [-0.1, -0.05) is 40.9 Å². The standard InChI is InChI=1S/C19H13Cl2FS.C3H8O/c20-13-5-6-14-17(10-13)23-18(8-11-2-1-3-11)19(14)12-4-7-15(21)16(22)9-12;1-3-4-2/h4-10H,1-3H2;3H2,1-2H3. The predicted molar refractivity (Wildman–Crippen MR) is 117 cm³/mol. The molecule has 0 aliphatic heterocycles. The van der Waals surface area contributed by atoms with Crippen molar-refractivity contribution < 1.29 is 9.13 Å². The topological polar surface area (TPSA) is 9.23 Å². The molecule has 5 heteroatoms. The molecule has 0 amide bonds. The Kier molecular flexibility index (Phi) is 6.93. The number of fused-ring (bicyclic) bond motifs is 1. The lowest BCUT2D eigenvalue weighted by molar-refractivity contribution is 0.215. The van der Waals surface area contributed by atoms with Crippen molar-refractivity contribution in [2.75, 3.05) is 13.7 Å². The number of ether oxygens (including phenoxy) is 1. The van der Waals surface area contributed by atoms with E-state index in [0.29, 0.717) is 0 Å². The van der Waals surface area contributed by atoms with Crippen LogP contribution in [0.15, 0.2) is 42.0 Å². The van der Waals surface area contributed by atoms with Gasteiger partial charge < -0.3 is 4.74 Å². The minimum Gasteiger partial charge on any atom is -0.385 e. The number of methoxy groups -OCH3 is 1. The number of thiophene rings is 1. The van der Waals surface area contributed by atoms with Gasteiger partial charge in [-0.25, -0.2) is 4.39 Å². The van der Waals surface area contributed by atoms with Crippen molar-refractivity contribution in [3.8, 4) is 11.1 Å². The largest absolute Gasteiger partial charge is 0.385 e. The first-order chi connectivity index (χ1) is 13.0. The molecule has 27 heavy (non-hydrogen) atoms. The molecular weight excluding hydrogens is 402 g/mol. The number of hydrogen-bond donors (Lipinski definition) is 0. The van der Waals surface area contributed by atoms with Crippen LogP contribution < -0.4 is 0 Å². The monoisotopic (exact) mass is 422 g/mol. The van der Waals surface area contributed by atoms with Gasteiger partial charge in [-0.3, -0.25) is 0 Å². The summed E-state index contributed by atoms with van der Waals surface area (Å²) in [5, 5.41) is 1.97. The molecule has 1 aliphatic carbocycles. The lowest BCUT2D eigenvalue weighted by atomic mass is 9.91. The summed E-state index contributed by atoms with van der Waals surface area (Å²) in [4.78, 5) is 1.17. The second-order valence-corrected chi connectivity index (χ2v) is 8.27. The van der Waals surface area contributed by atoms with Gasteiger partial charge >= 0.3 is 0 Å². The Labute approximate surface area is 173 Å². The molecule has 0 radical (unpaired) electrons. The molecule has 0 spiro atoms. The third-order valence-electron chi connectivity index (χ3n) is 4.51. The van der Waals surface area contributed by atoms with Gasteiger partial charge in [0.05, 0.1) is 5.02 Å². The van der Waals surface area contributed by atoms with E-state index < -0.39 is 0 Å². The van der Waals surface area contributed by atoms with Crippen molar-refractivity contribution >= 4 is 50.7 Å². The highest BCUT2D eigenvalue weighted by atomic mass is 35.5. The molecule has 1 saturated carbocycles. The Balaban J connectivity index is 0.000000481. The minimum absolute atomic E-state index is 0.148. The molecule has 1 aromatic heterocycles. The zero-order valence-electron chi connectivity index (χ0n) is 15.3. The van der Waals surface area contributed by atoms with Crippen LogP contribution in [0.2, 0.25) is 10.0 Å². The maximum absolute atomic E-state index is 13.9. The van der Waals surface area contributed by atoms with Crippen LogP contribution in [0.3, 0.4) is 0 Å². The van der Waals surface area contributed by atoms with Crippen LogP contribution in [-0.2, 0) is 4.74 Å². The van der Waals surface area contributed by atoms with E-state index >= 15 is 0 Å². The smallest absolute Gasteiger partial charge is 0.142 e. The van der Waals surface area contributed by atoms with Crippen molar-refractivity contribution in [3.05, 3.63) is 62.7 Å². The predicted octanol–water partition coefficient (Wildman–Crippen LogP) is 8.23. The molecule has 4 rings (SSSR count). The van der Waals surface area contributed by atoms with E-state index in [1.807, 2.05) is 31.2 Å². The molecule has 0 saturated heterocycles. The minimum atomic E-state index is -0.389. The quantitative estimate of drug-likeness (QED) is 0.412. The summed E-state index contributed by atoms with van der Waals surface area (Å²) in [6.45, 7) is 2.78. The number of halogens is 3. The number of allylic oxidation sites excluding steroid dienone is 1. The SMILES string of the molecule is CCOC.Fc1cc(-c2c(C=C3CCC3)sc3cc(Cl)ccc23)ccc1Cl. The third-order valence-corrected chi connectivity index (χ3v) is 6.15. The van der Waals surface area contributed by atoms with Crippen molar-refractivity contribution in [1.82, 2.24) is 0 Å². The van der Waals surface area contributed by atoms with Crippen LogP contribution >= 0.6 is 34.5 Å². The average molecular weight is 423 g/mol.